The van der Waals surface area contributed by atoms with E-state index in [1.165, 1.54) is 34.6 Å². The van der Waals surface area contributed by atoms with Gasteiger partial charge in [-0.25, -0.2) is 4.39 Å². The number of hydrogen-bond donors (Lipinski definition) is 1. The Morgan fingerprint density at radius 2 is 1.96 bits per heavy atom. The number of nitrogens with zero attached hydrogens (tertiary/aromatic N) is 2. The van der Waals surface area contributed by atoms with E-state index in [9.17, 15) is 9.18 Å². The molecule has 3 aromatic rings. The number of halogens is 1. The summed E-state index contributed by atoms with van der Waals surface area (Å²) in [7, 11) is 0. The fourth-order valence-electron chi connectivity index (χ4n) is 2.09. The van der Waals surface area contributed by atoms with Crippen LogP contribution in [0.5, 0.6) is 5.75 Å². The molecule has 0 unspecified atom stereocenters. The summed E-state index contributed by atoms with van der Waals surface area (Å²) in [5.74, 6) is -0.105. The Bertz CT molecular complexity index is 901. The van der Waals surface area contributed by atoms with Gasteiger partial charge >= 0.3 is 0 Å². The van der Waals surface area contributed by atoms with Crippen molar-refractivity contribution in [3.8, 4) is 5.75 Å². The third-order valence-electron chi connectivity index (χ3n) is 3.46. The predicted molar refractivity (Wildman–Crippen MR) is 101 cm³/mol. The topological polar surface area (TPSA) is 64.1 Å². The van der Waals surface area contributed by atoms with E-state index in [1.807, 2.05) is 12.1 Å². The maximum Gasteiger partial charge on any atom is 0.264 e. The number of nitrogens with one attached hydrogen (secondary N) is 1. The maximum absolute atomic E-state index is 13.4. The molecule has 0 atom stereocenters. The second kappa shape index (κ2) is 8.77. The summed E-state index contributed by atoms with van der Waals surface area (Å²) in [4.78, 5) is 11.9. The van der Waals surface area contributed by atoms with Gasteiger partial charge in [0.25, 0.3) is 5.91 Å². The van der Waals surface area contributed by atoms with Crippen LogP contribution in [0.2, 0.25) is 0 Å². The maximum atomic E-state index is 13.4. The van der Waals surface area contributed by atoms with Gasteiger partial charge in [0.15, 0.2) is 22.5 Å². The molecule has 0 saturated heterocycles. The van der Waals surface area contributed by atoms with Crippen LogP contribution < -0.4 is 10.1 Å². The van der Waals surface area contributed by atoms with Gasteiger partial charge in [-0.2, -0.15) is 0 Å². The monoisotopic (exact) mass is 389 g/mol. The largest absolute Gasteiger partial charge is 0.481 e. The minimum Gasteiger partial charge on any atom is -0.481 e. The Labute approximate surface area is 158 Å². The van der Waals surface area contributed by atoms with E-state index in [2.05, 4.69) is 34.6 Å². The number of carbonyl (C=O) groups is 1. The fourth-order valence-corrected chi connectivity index (χ4v) is 3.93. The molecule has 2 aromatic carbocycles. The molecule has 1 N–H and O–H groups in total. The zero-order valence-electron chi connectivity index (χ0n) is 13.9. The molecule has 8 heteroatoms. The van der Waals surface area contributed by atoms with Crippen LogP contribution in [-0.4, -0.2) is 22.7 Å². The fraction of sp³-hybridized carbons (Fsp3) is 0.167. The number of anilines is 1. The van der Waals surface area contributed by atoms with Crippen molar-refractivity contribution < 1.29 is 13.9 Å². The van der Waals surface area contributed by atoms with Gasteiger partial charge in [-0.1, -0.05) is 59.5 Å². The highest BCUT2D eigenvalue weighted by Crippen LogP contribution is 2.29. The normalized spacial score (nSPS) is 10.5. The molecule has 1 amide bonds. The Kier molecular flexibility index (Phi) is 6.19. The number of thioether (sulfide) groups is 1. The number of amides is 1. The SMILES string of the molecule is Cc1ccccc1CSc1nnc(NC(=O)COc2ccccc2F)s1. The lowest BCUT2D eigenvalue weighted by Crippen LogP contribution is -2.20. The number of aryl methyl sites for hydroxylation is 1. The van der Waals surface area contributed by atoms with Gasteiger partial charge in [0, 0.05) is 5.75 Å². The molecule has 1 heterocycles. The molecule has 26 heavy (non-hydrogen) atoms. The molecule has 0 aliphatic carbocycles. The highest BCUT2D eigenvalue weighted by molar-refractivity contribution is 8.00. The Morgan fingerprint density at radius 3 is 2.77 bits per heavy atom. The molecule has 1 aromatic heterocycles. The van der Waals surface area contributed by atoms with Gasteiger partial charge in [0.2, 0.25) is 5.13 Å². The van der Waals surface area contributed by atoms with Crippen LogP contribution in [0.15, 0.2) is 52.9 Å². The number of para-hydroxylation sites is 1. The van der Waals surface area contributed by atoms with Crippen molar-refractivity contribution in [3.05, 3.63) is 65.5 Å². The van der Waals surface area contributed by atoms with Crippen LogP contribution in [0, 0.1) is 12.7 Å². The van der Waals surface area contributed by atoms with Crippen molar-refractivity contribution in [1.82, 2.24) is 10.2 Å². The van der Waals surface area contributed by atoms with Crippen LogP contribution in [0.25, 0.3) is 0 Å². The Balaban J connectivity index is 1.49. The minimum absolute atomic E-state index is 0.0365. The van der Waals surface area contributed by atoms with Crippen molar-refractivity contribution >= 4 is 34.1 Å². The first-order valence-electron chi connectivity index (χ1n) is 7.80. The van der Waals surface area contributed by atoms with Gasteiger partial charge in [-0.05, 0) is 30.2 Å². The number of rotatable bonds is 7. The first-order valence-corrected chi connectivity index (χ1v) is 9.60. The van der Waals surface area contributed by atoms with Crippen LogP contribution in [0.1, 0.15) is 11.1 Å². The number of hydrogen-bond acceptors (Lipinski definition) is 6. The summed E-state index contributed by atoms with van der Waals surface area (Å²) in [6, 6.07) is 14.1. The molecule has 0 saturated carbocycles. The molecule has 134 valence electrons. The van der Waals surface area contributed by atoms with Gasteiger partial charge < -0.3 is 4.74 Å². The molecule has 0 aliphatic rings. The molecule has 0 bridgehead atoms. The van der Waals surface area contributed by atoms with Gasteiger partial charge in [-0.15, -0.1) is 10.2 Å². The molecular formula is C18H16FN3O2S2. The molecule has 0 spiro atoms. The average molecular weight is 389 g/mol. The molecule has 0 fully saturated rings. The summed E-state index contributed by atoms with van der Waals surface area (Å²) in [5.41, 5.74) is 2.46. The van der Waals surface area contributed by atoms with Crippen LogP contribution in [0.4, 0.5) is 9.52 Å². The van der Waals surface area contributed by atoms with E-state index in [1.54, 1.807) is 23.9 Å². The van der Waals surface area contributed by atoms with Crippen LogP contribution >= 0.6 is 23.1 Å². The quantitative estimate of drug-likeness (QED) is 0.482. The second-order valence-electron chi connectivity index (χ2n) is 5.36. The van der Waals surface area contributed by atoms with Crippen molar-refractivity contribution in [2.45, 2.75) is 17.0 Å². The molecular weight excluding hydrogens is 373 g/mol. The van der Waals surface area contributed by atoms with Crippen molar-refractivity contribution in [1.29, 1.82) is 0 Å². The summed E-state index contributed by atoms with van der Waals surface area (Å²) in [6.45, 7) is 1.77. The molecule has 0 radical (unpaired) electrons. The zero-order valence-corrected chi connectivity index (χ0v) is 15.6. The van der Waals surface area contributed by atoms with Crippen molar-refractivity contribution in [3.63, 3.8) is 0 Å². The summed E-state index contributed by atoms with van der Waals surface area (Å²) in [6.07, 6.45) is 0. The van der Waals surface area contributed by atoms with E-state index in [0.717, 1.165) is 10.1 Å². The van der Waals surface area contributed by atoms with Crippen molar-refractivity contribution in [2.24, 2.45) is 0 Å². The average Bonchev–Trinajstić information content (AvgIpc) is 3.08. The summed E-state index contributed by atoms with van der Waals surface area (Å²) >= 11 is 2.85. The van der Waals surface area contributed by atoms with Crippen LogP contribution in [0.3, 0.4) is 0 Å². The third kappa shape index (κ3) is 5.03. The lowest BCUT2D eigenvalue weighted by atomic mass is 10.1. The lowest BCUT2D eigenvalue weighted by Gasteiger charge is -2.06. The van der Waals surface area contributed by atoms with Gasteiger partial charge in [0.1, 0.15) is 0 Å². The standard InChI is InChI=1S/C18H16FN3O2S2/c1-12-6-2-3-7-13(12)11-25-18-22-21-17(26-18)20-16(23)10-24-15-9-5-4-8-14(15)19/h2-9H,10-11H2,1H3,(H,20,21,23). The first kappa shape index (κ1) is 18.3. The third-order valence-corrected chi connectivity index (χ3v) is 5.48. The van der Waals surface area contributed by atoms with E-state index in [4.69, 9.17) is 4.74 Å². The zero-order chi connectivity index (χ0) is 18.4. The van der Waals surface area contributed by atoms with Crippen LogP contribution in [-0.2, 0) is 10.5 Å². The first-order chi connectivity index (χ1) is 12.6. The molecule has 5 nitrogen and oxygen atoms in total. The number of aromatic nitrogens is 2. The Hall–Kier alpha value is -2.45. The van der Waals surface area contributed by atoms with Gasteiger partial charge in [0.05, 0.1) is 0 Å². The number of benzene rings is 2. The van der Waals surface area contributed by atoms with E-state index in [0.29, 0.717) is 5.13 Å². The van der Waals surface area contributed by atoms with E-state index in [-0.39, 0.29) is 12.4 Å². The minimum atomic E-state index is -0.508. The van der Waals surface area contributed by atoms with E-state index < -0.39 is 11.7 Å². The highest BCUT2D eigenvalue weighted by Gasteiger charge is 2.11. The summed E-state index contributed by atoms with van der Waals surface area (Å²) in [5, 5.41) is 11.0. The lowest BCUT2D eigenvalue weighted by molar-refractivity contribution is -0.118. The second-order valence-corrected chi connectivity index (χ2v) is 7.56. The summed E-state index contributed by atoms with van der Waals surface area (Å²) < 4.78 is 19.4. The number of ether oxygens (including phenoxy) is 1. The number of carbonyl (C=O) groups excluding carboxylic acids is 1. The van der Waals surface area contributed by atoms with E-state index >= 15 is 0 Å². The predicted octanol–water partition coefficient (Wildman–Crippen LogP) is 4.30. The molecule has 0 aliphatic heterocycles. The smallest absolute Gasteiger partial charge is 0.264 e. The van der Waals surface area contributed by atoms with Crippen molar-refractivity contribution in [2.75, 3.05) is 11.9 Å². The molecule has 3 rings (SSSR count). The Morgan fingerprint density at radius 1 is 1.19 bits per heavy atom. The van der Waals surface area contributed by atoms with Gasteiger partial charge in [-0.3, -0.25) is 10.1 Å². The highest BCUT2D eigenvalue weighted by atomic mass is 32.2.